The molecule has 4 N–H and O–H groups in total. The van der Waals surface area contributed by atoms with Crippen LogP contribution in [0.1, 0.15) is 34.1 Å². The zero-order chi connectivity index (χ0) is 17.5. The number of carbonyl (C=O) groups is 2. The molecule has 7 nitrogen and oxygen atoms in total. The van der Waals surface area contributed by atoms with Crippen molar-refractivity contribution in [3.8, 4) is 5.75 Å². The fraction of sp³-hybridized carbons (Fsp3) is 0.500. The zero-order valence-corrected chi connectivity index (χ0v) is 14.0. The van der Waals surface area contributed by atoms with Gasteiger partial charge in [-0.3, -0.25) is 10.1 Å². The van der Waals surface area contributed by atoms with E-state index < -0.39 is 11.7 Å². The van der Waals surface area contributed by atoms with Crippen molar-refractivity contribution in [3.05, 3.63) is 18.2 Å². The van der Waals surface area contributed by atoms with E-state index in [1.54, 1.807) is 32.9 Å². The number of hydrogen-bond donors (Lipinski definition) is 4. The molecule has 0 aliphatic rings. The topological polar surface area (TPSA) is 99.7 Å². The highest BCUT2D eigenvalue weighted by atomic mass is 16.6. The van der Waals surface area contributed by atoms with Crippen LogP contribution in [0.2, 0.25) is 0 Å². The van der Waals surface area contributed by atoms with Crippen molar-refractivity contribution in [2.24, 2.45) is 0 Å². The van der Waals surface area contributed by atoms with Crippen molar-refractivity contribution in [1.82, 2.24) is 5.32 Å². The second-order valence-corrected chi connectivity index (χ2v) is 6.12. The second kappa shape index (κ2) is 8.26. The minimum absolute atomic E-state index is 0.0728. The van der Waals surface area contributed by atoms with Crippen molar-refractivity contribution in [2.45, 2.75) is 39.7 Å². The summed E-state index contributed by atoms with van der Waals surface area (Å²) in [7, 11) is 0. The molecule has 1 aromatic rings. The molecule has 0 aromatic heterocycles. The standard InChI is InChI=1S/C16H25N3O4/c1-11(20)17-8-5-9-18-13-10-12(6-7-14(13)21)19-15(22)23-16(2,3)4/h6-7,10,18,21H,5,8-9H2,1-4H3,(H,17,20)(H,19,22). The molecule has 2 amide bonds. The third kappa shape index (κ3) is 7.94. The van der Waals surface area contributed by atoms with Gasteiger partial charge >= 0.3 is 6.09 Å². The number of phenols is 1. The summed E-state index contributed by atoms with van der Waals surface area (Å²) in [6.45, 7) is 7.94. The molecule has 0 spiro atoms. The number of amides is 2. The lowest BCUT2D eigenvalue weighted by atomic mass is 10.2. The Hall–Kier alpha value is -2.44. The molecular formula is C16H25N3O4. The smallest absolute Gasteiger partial charge is 0.412 e. The maximum absolute atomic E-state index is 11.7. The van der Waals surface area contributed by atoms with Crippen molar-refractivity contribution in [3.63, 3.8) is 0 Å². The molecule has 1 aromatic carbocycles. The van der Waals surface area contributed by atoms with E-state index in [1.165, 1.54) is 13.0 Å². The number of aromatic hydroxyl groups is 1. The van der Waals surface area contributed by atoms with Gasteiger partial charge in [0, 0.05) is 25.7 Å². The zero-order valence-electron chi connectivity index (χ0n) is 14.0. The van der Waals surface area contributed by atoms with Gasteiger partial charge in [0.15, 0.2) is 0 Å². The Morgan fingerprint density at radius 1 is 1.22 bits per heavy atom. The summed E-state index contributed by atoms with van der Waals surface area (Å²) in [5, 5.41) is 18.2. The SMILES string of the molecule is CC(=O)NCCCNc1cc(NC(=O)OC(C)(C)C)ccc1O. The van der Waals surface area contributed by atoms with Crippen LogP contribution in [0.5, 0.6) is 5.75 Å². The number of anilines is 2. The fourth-order valence-electron chi connectivity index (χ4n) is 1.75. The summed E-state index contributed by atoms with van der Waals surface area (Å²) in [5.41, 5.74) is 0.439. The molecular weight excluding hydrogens is 298 g/mol. The minimum Gasteiger partial charge on any atom is -0.506 e. The predicted molar refractivity (Wildman–Crippen MR) is 89.8 cm³/mol. The summed E-state index contributed by atoms with van der Waals surface area (Å²) in [6.07, 6.45) is 0.155. The Labute approximate surface area is 136 Å². The van der Waals surface area contributed by atoms with Crippen LogP contribution in [0.15, 0.2) is 18.2 Å². The summed E-state index contributed by atoms with van der Waals surface area (Å²) >= 11 is 0. The largest absolute Gasteiger partial charge is 0.506 e. The molecule has 0 aliphatic heterocycles. The van der Waals surface area contributed by atoms with E-state index in [4.69, 9.17) is 4.74 Å². The lowest BCUT2D eigenvalue weighted by Gasteiger charge is -2.20. The van der Waals surface area contributed by atoms with E-state index in [0.717, 1.165) is 0 Å². The Bertz CT molecular complexity index is 553. The number of rotatable bonds is 6. The summed E-state index contributed by atoms with van der Waals surface area (Å²) < 4.78 is 5.17. The van der Waals surface area contributed by atoms with Gasteiger partial charge in [-0.25, -0.2) is 4.79 Å². The molecule has 128 valence electrons. The molecule has 0 saturated heterocycles. The first-order valence-electron chi connectivity index (χ1n) is 7.49. The minimum atomic E-state index is -0.578. The Morgan fingerprint density at radius 3 is 2.52 bits per heavy atom. The van der Waals surface area contributed by atoms with E-state index in [2.05, 4.69) is 16.0 Å². The summed E-state index contributed by atoms with van der Waals surface area (Å²) in [4.78, 5) is 22.5. The van der Waals surface area contributed by atoms with Crippen LogP contribution in [0, 0.1) is 0 Å². The van der Waals surface area contributed by atoms with E-state index in [1.807, 2.05) is 0 Å². The lowest BCUT2D eigenvalue weighted by molar-refractivity contribution is -0.118. The van der Waals surface area contributed by atoms with Gasteiger partial charge in [-0.15, -0.1) is 0 Å². The molecule has 0 unspecified atom stereocenters. The quantitative estimate of drug-likeness (QED) is 0.366. The maximum Gasteiger partial charge on any atom is 0.412 e. The van der Waals surface area contributed by atoms with Crippen LogP contribution in [-0.2, 0) is 9.53 Å². The highest BCUT2D eigenvalue weighted by molar-refractivity contribution is 5.86. The summed E-state index contributed by atoms with van der Waals surface area (Å²) in [6, 6.07) is 4.70. The first kappa shape index (κ1) is 18.6. The third-order valence-electron chi connectivity index (χ3n) is 2.68. The maximum atomic E-state index is 11.7. The Morgan fingerprint density at radius 2 is 1.91 bits per heavy atom. The van der Waals surface area contributed by atoms with E-state index in [9.17, 15) is 14.7 Å². The Kier molecular flexibility index (Phi) is 6.68. The van der Waals surface area contributed by atoms with E-state index in [0.29, 0.717) is 30.9 Å². The molecule has 23 heavy (non-hydrogen) atoms. The normalized spacial score (nSPS) is 10.8. The van der Waals surface area contributed by atoms with Gasteiger partial charge in [0.1, 0.15) is 11.4 Å². The first-order valence-corrected chi connectivity index (χ1v) is 7.49. The van der Waals surface area contributed by atoms with Crippen LogP contribution < -0.4 is 16.0 Å². The van der Waals surface area contributed by atoms with Crippen LogP contribution in [0.4, 0.5) is 16.2 Å². The van der Waals surface area contributed by atoms with E-state index in [-0.39, 0.29) is 11.7 Å². The van der Waals surface area contributed by atoms with Crippen LogP contribution in [0.25, 0.3) is 0 Å². The van der Waals surface area contributed by atoms with E-state index >= 15 is 0 Å². The van der Waals surface area contributed by atoms with Crippen molar-refractivity contribution in [2.75, 3.05) is 23.7 Å². The molecule has 0 heterocycles. The molecule has 7 heteroatoms. The monoisotopic (exact) mass is 323 g/mol. The van der Waals surface area contributed by atoms with Gasteiger partial charge in [-0.2, -0.15) is 0 Å². The summed E-state index contributed by atoms with van der Waals surface area (Å²) in [5.74, 6) is 0.00988. The second-order valence-electron chi connectivity index (χ2n) is 6.12. The van der Waals surface area contributed by atoms with Crippen LogP contribution in [-0.4, -0.2) is 35.8 Å². The van der Waals surface area contributed by atoms with Gasteiger partial charge < -0.3 is 20.5 Å². The fourth-order valence-corrected chi connectivity index (χ4v) is 1.75. The number of hydrogen-bond acceptors (Lipinski definition) is 5. The lowest BCUT2D eigenvalue weighted by Crippen LogP contribution is -2.27. The molecule has 0 saturated carbocycles. The molecule has 0 atom stereocenters. The highest BCUT2D eigenvalue weighted by Gasteiger charge is 2.16. The van der Waals surface area contributed by atoms with Crippen molar-refractivity contribution in [1.29, 1.82) is 0 Å². The van der Waals surface area contributed by atoms with Gasteiger partial charge in [-0.1, -0.05) is 0 Å². The average Bonchev–Trinajstić information content (AvgIpc) is 2.39. The van der Waals surface area contributed by atoms with Crippen LogP contribution in [0.3, 0.4) is 0 Å². The number of carbonyl (C=O) groups excluding carboxylic acids is 2. The number of phenolic OH excluding ortho intramolecular Hbond substituents is 1. The first-order chi connectivity index (χ1) is 10.7. The average molecular weight is 323 g/mol. The van der Waals surface area contributed by atoms with Crippen molar-refractivity contribution < 1.29 is 19.4 Å². The van der Waals surface area contributed by atoms with Crippen molar-refractivity contribution >= 4 is 23.4 Å². The molecule has 0 fully saturated rings. The third-order valence-corrected chi connectivity index (χ3v) is 2.68. The van der Waals surface area contributed by atoms with Gasteiger partial charge in [0.2, 0.25) is 5.91 Å². The van der Waals surface area contributed by atoms with Gasteiger partial charge in [0.05, 0.1) is 5.69 Å². The van der Waals surface area contributed by atoms with Crippen LogP contribution >= 0.6 is 0 Å². The molecule has 1 rings (SSSR count). The highest BCUT2D eigenvalue weighted by Crippen LogP contribution is 2.27. The van der Waals surface area contributed by atoms with Gasteiger partial charge in [0.25, 0.3) is 0 Å². The number of benzene rings is 1. The molecule has 0 aliphatic carbocycles. The molecule has 0 bridgehead atoms. The molecule has 0 radical (unpaired) electrons. The number of nitrogens with one attached hydrogen (secondary N) is 3. The number of ether oxygens (including phenoxy) is 1. The van der Waals surface area contributed by atoms with Gasteiger partial charge in [-0.05, 0) is 45.4 Å². The predicted octanol–water partition coefficient (Wildman–Crippen LogP) is 2.68. The Balaban J connectivity index is 2.54.